The number of hydrogen-bond acceptors (Lipinski definition) is 1. The van der Waals surface area contributed by atoms with E-state index in [0.29, 0.717) is 0 Å². The fraction of sp³-hybridized carbons (Fsp3) is 0.150. The third kappa shape index (κ3) is 2.15. The molecule has 3 aromatic rings. The van der Waals surface area contributed by atoms with Crippen LogP contribution in [-0.2, 0) is 12.8 Å². The summed E-state index contributed by atoms with van der Waals surface area (Å²) in [5.74, 6) is 0. The van der Waals surface area contributed by atoms with Crippen LogP contribution in [0.2, 0.25) is 0 Å². The smallest absolute Gasteiger partial charge is 0.0783 e. The Bertz CT molecular complexity index is 761. The SMILES string of the molecule is c1ccc(-c2ncc3c(c2-c2ccccc2)CCC3)cc1. The molecule has 0 N–H and O–H groups in total. The molecule has 2 aromatic carbocycles. The Kier molecular flexibility index (Phi) is 3.04. The lowest BCUT2D eigenvalue weighted by molar-refractivity contribution is 0.911. The van der Waals surface area contributed by atoms with Crippen LogP contribution in [0, 0.1) is 0 Å². The van der Waals surface area contributed by atoms with Crippen molar-refractivity contribution in [1.82, 2.24) is 4.98 Å². The molecule has 1 heterocycles. The second-order valence-electron chi connectivity index (χ2n) is 5.57. The van der Waals surface area contributed by atoms with Gasteiger partial charge in [-0.1, -0.05) is 60.7 Å². The largest absolute Gasteiger partial charge is 0.255 e. The van der Waals surface area contributed by atoms with Gasteiger partial charge in [-0.15, -0.1) is 0 Å². The maximum Gasteiger partial charge on any atom is 0.0783 e. The quantitative estimate of drug-likeness (QED) is 0.645. The Morgan fingerprint density at radius 3 is 2.10 bits per heavy atom. The summed E-state index contributed by atoms with van der Waals surface area (Å²) < 4.78 is 0. The summed E-state index contributed by atoms with van der Waals surface area (Å²) in [6, 6.07) is 21.2. The van der Waals surface area contributed by atoms with Crippen molar-refractivity contribution in [2.24, 2.45) is 0 Å². The summed E-state index contributed by atoms with van der Waals surface area (Å²) in [5, 5.41) is 0. The number of aromatic nitrogens is 1. The minimum absolute atomic E-state index is 1.11. The third-order valence-corrected chi connectivity index (χ3v) is 4.26. The molecule has 0 fully saturated rings. The summed E-state index contributed by atoms with van der Waals surface area (Å²) in [5.41, 5.74) is 7.84. The number of hydrogen-bond donors (Lipinski definition) is 0. The maximum atomic E-state index is 4.80. The normalized spacial score (nSPS) is 13.1. The van der Waals surface area contributed by atoms with Crippen LogP contribution in [0.4, 0.5) is 0 Å². The Labute approximate surface area is 125 Å². The van der Waals surface area contributed by atoms with E-state index < -0.39 is 0 Å². The number of fused-ring (bicyclic) bond motifs is 1. The highest BCUT2D eigenvalue weighted by atomic mass is 14.7. The first-order chi connectivity index (χ1) is 10.4. The average molecular weight is 271 g/mol. The van der Waals surface area contributed by atoms with E-state index in [9.17, 15) is 0 Å². The highest BCUT2D eigenvalue weighted by molar-refractivity contribution is 5.84. The molecule has 0 saturated heterocycles. The van der Waals surface area contributed by atoms with Gasteiger partial charge >= 0.3 is 0 Å². The molecular formula is C20H17N. The van der Waals surface area contributed by atoms with E-state index in [1.807, 2.05) is 0 Å². The molecule has 4 rings (SSSR count). The fourth-order valence-electron chi connectivity index (χ4n) is 3.28. The van der Waals surface area contributed by atoms with Crippen LogP contribution in [0.1, 0.15) is 17.5 Å². The van der Waals surface area contributed by atoms with Gasteiger partial charge in [0.1, 0.15) is 0 Å². The molecule has 0 unspecified atom stereocenters. The highest BCUT2D eigenvalue weighted by Crippen LogP contribution is 2.38. The van der Waals surface area contributed by atoms with E-state index in [2.05, 4.69) is 66.9 Å². The van der Waals surface area contributed by atoms with Crippen molar-refractivity contribution in [3.8, 4) is 22.4 Å². The van der Waals surface area contributed by atoms with Gasteiger partial charge in [0.05, 0.1) is 5.69 Å². The van der Waals surface area contributed by atoms with Gasteiger partial charge in [0.2, 0.25) is 0 Å². The molecule has 0 bridgehead atoms. The van der Waals surface area contributed by atoms with Crippen LogP contribution in [0.25, 0.3) is 22.4 Å². The van der Waals surface area contributed by atoms with Gasteiger partial charge in [-0.3, -0.25) is 4.98 Å². The van der Waals surface area contributed by atoms with Gasteiger partial charge in [-0.25, -0.2) is 0 Å². The molecule has 102 valence electrons. The fourth-order valence-corrected chi connectivity index (χ4v) is 3.28. The minimum Gasteiger partial charge on any atom is -0.255 e. The van der Waals surface area contributed by atoms with Crippen LogP contribution in [-0.4, -0.2) is 4.98 Å². The lowest BCUT2D eigenvalue weighted by Crippen LogP contribution is -1.96. The number of nitrogens with zero attached hydrogens (tertiary/aromatic N) is 1. The summed E-state index contributed by atoms with van der Waals surface area (Å²) in [7, 11) is 0. The molecule has 0 radical (unpaired) electrons. The van der Waals surface area contributed by atoms with E-state index in [1.54, 1.807) is 0 Å². The summed E-state index contributed by atoms with van der Waals surface area (Å²) in [6.45, 7) is 0. The first-order valence-electron chi connectivity index (χ1n) is 7.55. The Balaban J connectivity index is 2.00. The second-order valence-corrected chi connectivity index (χ2v) is 5.57. The lowest BCUT2D eigenvalue weighted by atomic mass is 9.93. The Morgan fingerprint density at radius 2 is 1.38 bits per heavy atom. The molecule has 1 aromatic heterocycles. The van der Waals surface area contributed by atoms with E-state index in [0.717, 1.165) is 12.1 Å². The van der Waals surface area contributed by atoms with Crippen molar-refractivity contribution in [3.05, 3.63) is 78.0 Å². The van der Waals surface area contributed by atoms with Crippen LogP contribution < -0.4 is 0 Å². The third-order valence-electron chi connectivity index (χ3n) is 4.26. The zero-order chi connectivity index (χ0) is 14.1. The van der Waals surface area contributed by atoms with Gasteiger partial charge in [-0.05, 0) is 36.0 Å². The monoisotopic (exact) mass is 271 g/mol. The van der Waals surface area contributed by atoms with Gasteiger partial charge in [0.25, 0.3) is 0 Å². The topological polar surface area (TPSA) is 12.9 Å². The van der Waals surface area contributed by atoms with Gasteiger partial charge in [0, 0.05) is 17.3 Å². The van der Waals surface area contributed by atoms with Crippen molar-refractivity contribution in [2.75, 3.05) is 0 Å². The molecule has 0 amide bonds. The zero-order valence-electron chi connectivity index (χ0n) is 11.9. The van der Waals surface area contributed by atoms with E-state index in [1.165, 1.54) is 40.7 Å². The van der Waals surface area contributed by atoms with E-state index in [4.69, 9.17) is 4.98 Å². The van der Waals surface area contributed by atoms with E-state index >= 15 is 0 Å². The van der Waals surface area contributed by atoms with Crippen molar-refractivity contribution < 1.29 is 0 Å². The molecule has 1 nitrogen and oxygen atoms in total. The van der Waals surface area contributed by atoms with Crippen LogP contribution in [0.5, 0.6) is 0 Å². The highest BCUT2D eigenvalue weighted by Gasteiger charge is 2.20. The van der Waals surface area contributed by atoms with Crippen molar-refractivity contribution in [3.63, 3.8) is 0 Å². The molecule has 0 atom stereocenters. The van der Waals surface area contributed by atoms with Crippen molar-refractivity contribution in [2.45, 2.75) is 19.3 Å². The first kappa shape index (κ1) is 12.3. The second kappa shape index (κ2) is 5.17. The molecule has 0 saturated carbocycles. The predicted molar refractivity (Wildman–Crippen MR) is 87.1 cm³/mol. The molecule has 1 aliphatic rings. The first-order valence-corrected chi connectivity index (χ1v) is 7.55. The van der Waals surface area contributed by atoms with Crippen LogP contribution in [0.3, 0.4) is 0 Å². The van der Waals surface area contributed by atoms with Crippen LogP contribution >= 0.6 is 0 Å². The molecule has 0 spiro atoms. The molecule has 0 aliphatic heterocycles. The standard InChI is InChI=1S/C20H17N/c1-3-8-15(9-4-1)19-18-13-7-12-17(18)14-21-20(19)16-10-5-2-6-11-16/h1-6,8-11,14H,7,12-13H2. The van der Waals surface area contributed by atoms with Crippen LogP contribution in [0.15, 0.2) is 66.9 Å². The van der Waals surface area contributed by atoms with Crippen molar-refractivity contribution in [1.29, 1.82) is 0 Å². The van der Waals surface area contributed by atoms with Crippen molar-refractivity contribution >= 4 is 0 Å². The average Bonchev–Trinajstić information content (AvgIpc) is 3.04. The Morgan fingerprint density at radius 1 is 0.714 bits per heavy atom. The predicted octanol–water partition coefficient (Wildman–Crippen LogP) is 4.90. The lowest BCUT2D eigenvalue weighted by Gasteiger charge is -2.14. The minimum atomic E-state index is 1.11. The molecular weight excluding hydrogens is 254 g/mol. The maximum absolute atomic E-state index is 4.80. The van der Waals surface area contributed by atoms with Gasteiger partial charge in [-0.2, -0.15) is 0 Å². The summed E-state index contributed by atoms with van der Waals surface area (Å²) >= 11 is 0. The zero-order valence-corrected chi connectivity index (χ0v) is 11.9. The molecule has 1 aliphatic carbocycles. The summed E-state index contributed by atoms with van der Waals surface area (Å²) in [6.07, 6.45) is 5.66. The Hall–Kier alpha value is -2.41. The van der Waals surface area contributed by atoms with Gasteiger partial charge < -0.3 is 0 Å². The number of rotatable bonds is 2. The molecule has 1 heteroatoms. The number of benzene rings is 2. The van der Waals surface area contributed by atoms with E-state index in [-0.39, 0.29) is 0 Å². The van der Waals surface area contributed by atoms with Gasteiger partial charge in [0.15, 0.2) is 0 Å². The number of pyridine rings is 1. The summed E-state index contributed by atoms with van der Waals surface area (Å²) in [4.78, 5) is 4.80. The molecule has 21 heavy (non-hydrogen) atoms. The number of aryl methyl sites for hydroxylation is 1.